The largest absolute Gasteiger partial charge is 0.272 e. The highest BCUT2D eigenvalue weighted by Gasteiger charge is 2.27. The average Bonchev–Trinajstić information content (AvgIpc) is 2.97. The molecule has 5 heteroatoms. The van der Waals surface area contributed by atoms with E-state index in [0.717, 1.165) is 17.0 Å². The monoisotopic (exact) mass is 257 g/mol. The van der Waals surface area contributed by atoms with Crippen LogP contribution in [0.15, 0.2) is 40.8 Å². The van der Waals surface area contributed by atoms with E-state index in [1.807, 2.05) is 42.6 Å². The lowest BCUT2D eigenvalue weighted by Crippen LogP contribution is -2.19. The van der Waals surface area contributed by atoms with Gasteiger partial charge in [0.15, 0.2) is 0 Å². The fraction of sp³-hybridized carbons (Fsp3) is 0.154. The minimum absolute atomic E-state index is 0.0248. The van der Waals surface area contributed by atoms with E-state index < -0.39 is 0 Å². The van der Waals surface area contributed by atoms with Crippen LogP contribution in [-0.4, -0.2) is 16.6 Å². The molecule has 1 aromatic carbocycles. The van der Waals surface area contributed by atoms with E-state index in [9.17, 15) is 4.79 Å². The summed E-state index contributed by atoms with van der Waals surface area (Å²) in [5.41, 5.74) is 2.70. The number of benzene rings is 1. The lowest BCUT2D eigenvalue weighted by molar-refractivity contribution is -0.116. The standard InChI is InChI=1S/C13H11N3OS/c1-9-8-18-13(14-9)16-12(17)7-11(15-16)10-5-3-2-4-6-10/h2-6,8H,7H2,1H3. The number of thiazole rings is 1. The SMILES string of the molecule is Cc1csc(N2N=C(c3ccccc3)CC2=O)n1. The van der Waals surface area contributed by atoms with Crippen LogP contribution in [0.1, 0.15) is 17.7 Å². The van der Waals surface area contributed by atoms with Crippen LogP contribution in [0.3, 0.4) is 0 Å². The summed E-state index contributed by atoms with van der Waals surface area (Å²) in [5.74, 6) is -0.0248. The topological polar surface area (TPSA) is 45.6 Å². The van der Waals surface area contributed by atoms with Crippen LogP contribution in [0.25, 0.3) is 0 Å². The first-order chi connectivity index (χ1) is 8.74. The number of nitrogens with zero attached hydrogens (tertiary/aromatic N) is 3. The van der Waals surface area contributed by atoms with Gasteiger partial charge >= 0.3 is 0 Å². The predicted molar refractivity (Wildman–Crippen MR) is 71.9 cm³/mol. The van der Waals surface area contributed by atoms with E-state index in [4.69, 9.17) is 0 Å². The molecule has 0 fully saturated rings. The highest BCUT2D eigenvalue weighted by molar-refractivity contribution is 7.14. The van der Waals surface area contributed by atoms with Gasteiger partial charge in [-0.05, 0) is 12.5 Å². The summed E-state index contributed by atoms with van der Waals surface area (Å²) in [6, 6.07) is 9.76. The molecule has 0 aliphatic carbocycles. The van der Waals surface area contributed by atoms with E-state index >= 15 is 0 Å². The number of rotatable bonds is 2. The maximum Gasteiger partial charge on any atom is 0.255 e. The minimum atomic E-state index is -0.0248. The molecule has 1 amide bonds. The predicted octanol–water partition coefficient (Wildman–Crippen LogP) is 2.59. The number of aryl methyl sites for hydroxylation is 1. The summed E-state index contributed by atoms with van der Waals surface area (Å²) in [7, 11) is 0. The second-order valence-electron chi connectivity index (χ2n) is 4.07. The zero-order chi connectivity index (χ0) is 12.5. The zero-order valence-electron chi connectivity index (χ0n) is 9.83. The number of anilines is 1. The van der Waals surface area contributed by atoms with E-state index in [0.29, 0.717) is 11.6 Å². The lowest BCUT2D eigenvalue weighted by atomic mass is 10.1. The van der Waals surface area contributed by atoms with Crippen molar-refractivity contribution in [2.24, 2.45) is 5.10 Å². The summed E-state index contributed by atoms with van der Waals surface area (Å²) in [5, 5.41) is 8.33. The smallest absolute Gasteiger partial charge is 0.255 e. The van der Waals surface area contributed by atoms with Crippen molar-refractivity contribution in [3.8, 4) is 0 Å². The Bertz CT molecular complexity index is 618. The van der Waals surface area contributed by atoms with Crippen molar-refractivity contribution >= 4 is 28.1 Å². The summed E-state index contributed by atoms with van der Waals surface area (Å²) in [6.45, 7) is 1.91. The Labute approximate surface area is 109 Å². The van der Waals surface area contributed by atoms with Crippen LogP contribution >= 0.6 is 11.3 Å². The van der Waals surface area contributed by atoms with E-state index in [-0.39, 0.29) is 5.91 Å². The van der Waals surface area contributed by atoms with Crippen LogP contribution in [0, 0.1) is 6.92 Å². The van der Waals surface area contributed by atoms with Crippen molar-refractivity contribution in [3.05, 3.63) is 47.0 Å². The van der Waals surface area contributed by atoms with Gasteiger partial charge in [-0.1, -0.05) is 30.3 Å². The first-order valence-corrected chi connectivity index (χ1v) is 6.50. The fourth-order valence-corrected chi connectivity index (χ4v) is 2.58. The van der Waals surface area contributed by atoms with Crippen LogP contribution in [-0.2, 0) is 4.79 Å². The van der Waals surface area contributed by atoms with Crippen molar-refractivity contribution in [2.45, 2.75) is 13.3 Å². The number of amides is 1. The van der Waals surface area contributed by atoms with E-state index in [1.165, 1.54) is 16.3 Å². The highest BCUT2D eigenvalue weighted by atomic mass is 32.1. The molecule has 3 rings (SSSR count). The Morgan fingerprint density at radius 1 is 1.28 bits per heavy atom. The van der Waals surface area contributed by atoms with E-state index in [2.05, 4.69) is 10.1 Å². The number of hydrogen-bond acceptors (Lipinski definition) is 4. The Morgan fingerprint density at radius 2 is 2.06 bits per heavy atom. The van der Waals surface area contributed by atoms with Gasteiger partial charge in [-0.2, -0.15) is 10.1 Å². The summed E-state index contributed by atoms with van der Waals surface area (Å²) < 4.78 is 0. The molecular formula is C13H11N3OS. The van der Waals surface area contributed by atoms with Gasteiger partial charge in [-0.3, -0.25) is 4.79 Å². The summed E-state index contributed by atoms with van der Waals surface area (Å²) in [4.78, 5) is 16.2. The fourth-order valence-electron chi connectivity index (χ4n) is 1.81. The molecule has 18 heavy (non-hydrogen) atoms. The number of carbonyl (C=O) groups is 1. The maximum absolute atomic E-state index is 11.9. The van der Waals surface area contributed by atoms with Crippen LogP contribution < -0.4 is 5.01 Å². The molecule has 0 spiro atoms. The van der Waals surface area contributed by atoms with Crippen molar-refractivity contribution in [1.82, 2.24) is 4.98 Å². The third kappa shape index (κ3) is 1.93. The normalized spacial score (nSPS) is 15.1. The molecular weight excluding hydrogens is 246 g/mol. The molecule has 0 bridgehead atoms. The Hall–Kier alpha value is -2.01. The van der Waals surface area contributed by atoms with Gasteiger partial charge in [0.25, 0.3) is 5.91 Å². The Balaban J connectivity index is 1.94. The highest BCUT2D eigenvalue weighted by Crippen LogP contribution is 2.25. The first-order valence-electron chi connectivity index (χ1n) is 5.62. The molecule has 0 radical (unpaired) electrons. The van der Waals surface area contributed by atoms with Crippen molar-refractivity contribution in [1.29, 1.82) is 0 Å². The third-order valence-corrected chi connectivity index (χ3v) is 3.60. The van der Waals surface area contributed by atoms with Gasteiger partial charge in [-0.15, -0.1) is 11.3 Å². The molecule has 2 heterocycles. The molecule has 0 saturated heterocycles. The third-order valence-electron chi connectivity index (χ3n) is 2.67. The van der Waals surface area contributed by atoms with Gasteiger partial charge in [0.1, 0.15) is 0 Å². The van der Waals surface area contributed by atoms with Crippen molar-refractivity contribution in [3.63, 3.8) is 0 Å². The number of hydrogen-bond donors (Lipinski definition) is 0. The molecule has 0 saturated carbocycles. The second kappa shape index (κ2) is 4.34. The first kappa shape index (κ1) is 11.1. The molecule has 0 atom stereocenters. The molecule has 4 nitrogen and oxygen atoms in total. The van der Waals surface area contributed by atoms with Crippen molar-refractivity contribution in [2.75, 3.05) is 5.01 Å². The number of carbonyl (C=O) groups excluding carboxylic acids is 1. The van der Waals surface area contributed by atoms with Crippen molar-refractivity contribution < 1.29 is 4.79 Å². The van der Waals surface area contributed by atoms with Gasteiger partial charge < -0.3 is 0 Å². The van der Waals surface area contributed by atoms with Gasteiger partial charge in [0.05, 0.1) is 17.8 Å². The van der Waals surface area contributed by atoms with Gasteiger partial charge in [0.2, 0.25) is 5.13 Å². The molecule has 0 unspecified atom stereocenters. The molecule has 0 N–H and O–H groups in total. The van der Waals surface area contributed by atoms with Gasteiger partial charge in [-0.25, -0.2) is 4.98 Å². The number of hydrazone groups is 1. The number of aromatic nitrogens is 1. The summed E-state index contributed by atoms with van der Waals surface area (Å²) >= 11 is 1.43. The molecule has 1 aromatic heterocycles. The molecule has 90 valence electrons. The Morgan fingerprint density at radius 3 is 2.72 bits per heavy atom. The second-order valence-corrected chi connectivity index (χ2v) is 4.90. The minimum Gasteiger partial charge on any atom is -0.272 e. The quantitative estimate of drug-likeness (QED) is 0.830. The average molecular weight is 257 g/mol. The lowest BCUT2D eigenvalue weighted by Gasteiger charge is -2.05. The van der Waals surface area contributed by atoms with Crippen LogP contribution in [0.5, 0.6) is 0 Å². The molecule has 1 aliphatic rings. The zero-order valence-corrected chi connectivity index (χ0v) is 10.6. The molecule has 1 aliphatic heterocycles. The molecule has 2 aromatic rings. The van der Waals surface area contributed by atoms with Gasteiger partial charge in [0, 0.05) is 5.38 Å². The van der Waals surface area contributed by atoms with E-state index in [1.54, 1.807) is 0 Å². The van der Waals surface area contributed by atoms with Crippen LogP contribution in [0.2, 0.25) is 0 Å². The maximum atomic E-state index is 11.9. The Kier molecular flexibility index (Phi) is 2.68. The van der Waals surface area contributed by atoms with Crippen LogP contribution in [0.4, 0.5) is 5.13 Å². The summed E-state index contributed by atoms with van der Waals surface area (Å²) in [6.07, 6.45) is 0.336.